The van der Waals surface area contributed by atoms with Crippen LogP contribution in [-0.4, -0.2) is 27.3 Å². The molecular formula is C21H34F2N2O2. The van der Waals surface area contributed by atoms with Crippen molar-refractivity contribution in [2.24, 2.45) is 29.4 Å². The molecule has 8 aliphatic carbocycles. The lowest BCUT2D eigenvalue weighted by Gasteiger charge is -2.57. The Balaban J connectivity index is 0.000000130. The maximum absolute atomic E-state index is 14.2. The first-order valence-corrected chi connectivity index (χ1v) is 10.4. The van der Waals surface area contributed by atoms with E-state index in [1.54, 1.807) is 0 Å². The van der Waals surface area contributed by atoms with Crippen molar-refractivity contribution in [2.45, 2.75) is 107 Å². The molecule has 8 fully saturated rings. The minimum atomic E-state index is -1.20. The predicted octanol–water partition coefficient (Wildman–Crippen LogP) is 4.97. The molecule has 8 bridgehead atoms. The summed E-state index contributed by atoms with van der Waals surface area (Å²) in [6, 6.07) is 0. The lowest BCUT2D eigenvalue weighted by Crippen LogP contribution is -2.61. The van der Waals surface area contributed by atoms with Crippen LogP contribution in [0.3, 0.4) is 0 Å². The van der Waals surface area contributed by atoms with Crippen molar-refractivity contribution in [2.75, 3.05) is 0 Å². The molecular weight excluding hydrogens is 350 g/mol. The average molecular weight is 385 g/mol. The second kappa shape index (κ2) is 5.87. The molecule has 0 heterocycles. The highest BCUT2D eigenvalue weighted by molar-refractivity contribution is 5.11. The monoisotopic (exact) mass is 384 g/mol. The van der Waals surface area contributed by atoms with E-state index in [1.807, 2.05) is 0 Å². The first-order valence-electron chi connectivity index (χ1n) is 10.4. The van der Waals surface area contributed by atoms with Gasteiger partial charge in [0.1, 0.15) is 11.3 Å². The maximum Gasteiger partial charge on any atom is 0.225 e. The molecule has 0 aromatic carbocycles. The van der Waals surface area contributed by atoms with Crippen LogP contribution in [0.1, 0.15) is 84.5 Å². The van der Waals surface area contributed by atoms with Crippen LogP contribution in [0.2, 0.25) is 0 Å². The predicted molar refractivity (Wildman–Crippen MR) is 100 cm³/mol. The minimum Gasteiger partial charge on any atom is -0.325 e. The van der Waals surface area contributed by atoms with Crippen LogP contribution in [0.25, 0.3) is 0 Å². The molecule has 4 unspecified atom stereocenters. The van der Waals surface area contributed by atoms with Crippen LogP contribution in [0.15, 0.2) is 0 Å². The smallest absolute Gasteiger partial charge is 0.225 e. The van der Waals surface area contributed by atoms with E-state index < -0.39 is 16.9 Å². The number of nitrogens with two attached hydrogens (primary N) is 1. The normalized spacial score (nSPS) is 56.3. The average Bonchev–Trinajstić information content (AvgIpc) is 2.40. The van der Waals surface area contributed by atoms with Gasteiger partial charge < -0.3 is 5.73 Å². The van der Waals surface area contributed by atoms with Gasteiger partial charge in [0.25, 0.3) is 0 Å². The van der Waals surface area contributed by atoms with Crippen LogP contribution >= 0.6 is 0 Å². The first kappa shape index (κ1) is 19.5. The Morgan fingerprint density at radius 1 is 0.778 bits per heavy atom. The highest BCUT2D eigenvalue weighted by Gasteiger charge is 2.64. The first-order chi connectivity index (χ1) is 12.1. The summed E-state index contributed by atoms with van der Waals surface area (Å²) in [6.07, 6.45) is 9.33. The van der Waals surface area contributed by atoms with Gasteiger partial charge >= 0.3 is 0 Å². The van der Waals surface area contributed by atoms with E-state index in [2.05, 4.69) is 0 Å². The third kappa shape index (κ3) is 3.20. The molecule has 0 aliphatic heterocycles. The Morgan fingerprint density at radius 2 is 1.19 bits per heavy atom. The molecule has 0 aromatic rings. The fourth-order valence-corrected chi connectivity index (χ4v) is 8.54. The highest BCUT2D eigenvalue weighted by atomic mass is 19.1. The molecule has 2 N–H and O–H groups in total. The minimum absolute atomic E-state index is 0. The molecule has 6 heteroatoms. The van der Waals surface area contributed by atoms with E-state index in [0.717, 1.165) is 32.1 Å². The van der Waals surface area contributed by atoms with Gasteiger partial charge in [0.15, 0.2) is 0 Å². The lowest BCUT2D eigenvalue weighted by molar-refractivity contribution is -0.591. The Hall–Kier alpha value is -0.780. The van der Waals surface area contributed by atoms with Crippen molar-refractivity contribution < 1.29 is 13.7 Å². The van der Waals surface area contributed by atoms with Crippen molar-refractivity contribution >= 4 is 0 Å². The van der Waals surface area contributed by atoms with E-state index in [9.17, 15) is 18.9 Å². The van der Waals surface area contributed by atoms with Crippen molar-refractivity contribution in [3.63, 3.8) is 0 Å². The molecule has 0 saturated heterocycles. The van der Waals surface area contributed by atoms with E-state index >= 15 is 0 Å². The largest absolute Gasteiger partial charge is 0.325 e. The summed E-state index contributed by atoms with van der Waals surface area (Å²) in [6.45, 7) is 0. The van der Waals surface area contributed by atoms with Gasteiger partial charge in [0.2, 0.25) is 5.54 Å². The van der Waals surface area contributed by atoms with Crippen LogP contribution < -0.4 is 5.73 Å². The summed E-state index contributed by atoms with van der Waals surface area (Å²) in [5.74, 6) is 1.79. The lowest BCUT2D eigenvalue weighted by atomic mass is 9.52. The van der Waals surface area contributed by atoms with Crippen molar-refractivity contribution in [3.8, 4) is 0 Å². The number of nitro groups is 1. The summed E-state index contributed by atoms with van der Waals surface area (Å²) in [7, 11) is 0. The molecule has 0 spiro atoms. The summed E-state index contributed by atoms with van der Waals surface area (Å²) in [5.41, 5.74) is 3.10. The van der Waals surface area contributed by atoms with E-state index in [-0.39, 0.29) is 36.1 Å². The molecule has 8 rings (SSSR count). The molecule has 0 radical (unpaired) electrons. The fraction of sp³-hybridized carbons (Fsp3) is 1.00. The van der Waals surface area contributed by atoms with Gasteiger partial charge in [-0.1, -0.05) is 7.43 Å². The summed E-state index contributed by atoms with van der Waals surface area (Å²) < 4.78 is 28.2. The second-order valence-electron chi connectivity index (χ2n) is 11.1. The number of hydrogen-bond donors (Lipinski definition) is 1. The summed E-state index contributed by atoms with van der Waals surface area (Å²) in [5, 5.41) is 11.0. The Labute approximate surface area is 160 Å². The Morgan fingerprint density at radius 3 is 1.52 bits per heavy atom. The van der Waals surface area contributed by atoms with Crippen LogP contribution in [0, 0.1) is 33.8 Å². The van der Waals surface area contributed by atoms with Crippen LogP contribution in [0.5, 0.6) is 0 Å². The molecule has 8 aliphatic rings. The molecule has 0 amide bonds. The highest BCUT2D eigenvalue weighted by Crippen LogP contribution is 2.60. The Kier molecular flexibility index (Phi) is 4.24. The quantitative estimate of drug-likeness (QED) is 0.513. The van der Waals surface area contributed by atoms with E-state index in [0.29, 0.717) is 43.9 Å². The second-order valence-corrected chi connectivity index (χ2v) is 11.1. The zero-order valence-corrected chi connectivity index (χ0v) is 15.4. The topological polar surface area (TPSA) is 69.2 Å². The summed E-state index contributed by atoms with van der Waals surface area (Å²) in [4.78, 5) is 10.8. The van der Waals surface area contributed by atoms with Gasteiger partial charge in [0.05, 0.1) is 6.42 Å². The third-order valence-electron chi connectivity index (χ3n) is 8.38. The van der Waals surface area contributed by atoms with Gasteiger partial charge in [-0.15, -0.1) is 0 Å². The van der Waals surface area contributed by atoms with E-state index in [1.165, 1.54) is 6.42 Å². The SMILES string of the molecule is C.NC12CC3CC(C1)CC(F)(C3)C2.O=[N+]([O-])C12CC3CC(CC(F)(C3)C1)C2. The maximum atomic E-state index is 14.2. The van der Waals surface area contributed by atoms with Crippen molar-refractivity contribution in [3.05, 3.63) is 10.1 Å². The molecule has 4 nitrogen and oxygen atoms in total. The molecule has 8 saturated carbocycles. The van der Waals surface area contributed by atoms with Gasteiger partial charge in [-0.25, -0.2) is 8.78 Å². The number of nitrogens with zero attached hydrogens (tertiary/aromatic N) is 1. The zero-order valence-electron chi connectivity index (χ0n) is 15.4. The van der Waals surface area contributed by atoms with Crippen molar-refractivity contribution in [1.29, 1.82) is 0 Å². The van der Waals surface area contributed by atoms with Crippen LogP contribution in [0.4, 0.5) is 8.78 Å². The fourth-order valence-electron chi connectivity index (χ4n) is 8.54. The number of rotatable bonds is 1. The van der Waals surface area contributed by atoms with Gasteiger partial charge in [0, 0.05) is 23.3 Å². The summed E-state index contributed by atoms with van der Waals surface area (Å²) >= 11 is 0. The molecule has 154 valence electrons. The van der Waals surface area contributed by atoms with Crippen LogP contribution in [-0.2, 0) is 0 Å². The Bertz CT molecular complexity index is 592. The van der Waals surface area contributed by atoms with Gasteiger partial charge in [-0.2, -0.15) is 0 Å². The zero-order chi connectivity index (χ0) is 18.4. The van der Waals surface area contributed by atoms with E-state index in [4.69, 9.17) is 5.73 Å². The number of alkyl halides is 2. The third-order valence-corrected chi connectivity index (χ3v) is 8.38. The molecule has 0 aromatic heterocycles. The van der Waals surface area contributed by atoms with Gasteiger partial charge in [-0.05, 0) is 81.5 Å². The van der Waals surface area contributed by atoms with Gasteiger partial charge in [-0.3, -0.25) is 10.1 Å². The van der Waals surface area contributed by atoms with Crippen molar-refractivity contribution in [1.82, 2.24) is 0 Å². The molecule has 4 atom stereocenters. The molecule has 27 heavy (non-hydrogen) atoms. The number of hydrogen-bond acceptors (Lipinski definition) is 3. The number of halogens is 2. The standard InChI is InChI=1S/C10H14FNO2.C10H16FN.CH4/c11-9-2-7-1-8(3-9)5-10(4-7,6-9)12(13)14;11-9-2-7-1-8(3-9)5-10(12,4-7)6-9;/h7-8H,1-6H2;7-8H,1-6,12H2;1H4.